The Bertz CT molecular complexity index is 1050. The Kier molecular flexibility index (Phi) is 5.12. The van der Waals surface area contributed by atoms with Crippen molar-refractivity contribution in [3.63, 3.8) is 0 Å². The molecule has 2 aromatic rings. The third-order valence-electron chi connectivity index (χ3n) is 4.62. The molecule has 148 valence electrons. The van der Waals surface area contributed by atoms with Gasteiger partial charge in [0.15, 0.2) is 0 Å². The number of amides is 1. The minimum Gasteiger partial charge on any atom is -0.465 e. The monoisotopic (exact) mass is 406 g/mol. The van der Waals surface area contributed by atoms with E-state index in [1.807, 2.05) is 0 Å². The number of fused-ring (bicyclic) bond motifs is 1. The van der Waals surface area contributed by atoms with Gasteiger partial charge in [0.05, 0.1) is 30.0 Å². The second kappa shape index (κ2) is 7.23. The molecule has 1 heterocycles. The predicted molar refractivity (Wildman–Crippen MR) is 101 cm³/mol. The van der Waals surface area contributed by atoms with Crippen molar-refractivity contribution in [3.05, 3.63) is 53.8 Å². The second-order valence-corrected chi connectivity index (χ2v) is 8.29. The number of hydrogen-bond acceptors (Lipinski definition) is 5. The first-order chi connectivity index (χ1) is 13.2. The van der Waals surface area contributed by atoms with Crippen LogP contribution in [0.3, 0.4) is 0 Å². The number of esters is 1. The van der Waals surface area contributed by atoms with Crippen LogP contribution in [0.1, 0.15) is 17.3 Å². The maximum atomic E-state index is 14.6. The van der Waals surface area contributed by atoms with Gasteiger partial charge in [0.25, 0.3) is 10.0 Å². The van der Waals surface area contributed by atoms with Crippen molar-refractivity contribution in [1.29, 1.82) is 0 Å². The zero-order chi connectivity index (χ0) is 20.6. The number of nitrogens with zero attached hydrogens (tertiary/aromatic N) is 2. The predicted octanol–water partition coefficient (Wildman–Crippen LogP) is 2.42. The normalized spacial score (nSPS) is 17.1. The molecule has 28 heavy (non-hydrogen) atoms. The Hall–Kier alpha value is -2.94. The third kappa shape index (κ3) is 3.22. The highest BCUT2D eigenvalue weighted by molar-refractivity contribution is 7.92. The van der Waals surface area contributed by atoms with Crippen LogP contribution in [0, 0.1) is 11.7 Å². The van der Waals surface area contributed by atoms with E-state index >= 15 is 0 Å². The summed E-state index contributed by atoms with van der Waals surface area (Å²) in [6.07, 6.45) is 0. The molecule has 3 rings (SSSR count). The SMILES string of the molecule is COC(=O)c1ccc(S(=O)(=O)N2CC(C)C(=O)N(C)c3ccccc32)c(F)c1. The molecule has 0 N–H and O–H groups in total. The lowest BCUT2D eigenvalue weighted by Gasteiger charge is -2.25. The van der Waals surface area contributed by atoms with Gasteiger partial charge in [-0.1, -0.05) is 19.1 Å². The van der Waals surface area contributed by atoms with Crippen molar-refractivity contribution in [3.8, 4) is 0 Å². The number of anilines is 2. The molecule has 2 aromatic carbocycles. The Labute approximate surface area is 162 Å². The summed E-state index contributed by atoms with van der Waals surface area (Å²) < 4.78 is 46.7. The molecule has 7 nitrogen and oxygen atoms in total. The van der Waals surface area contributed by atoms with Crippen molar-refractivity contribution in [2.75, 3.05) is 29.9 Å². The summed E-state index contributed by atoms with van der Waals surface area (Å²) in [6.45, 7) is 1.48. The molecule has 0 bridgehead atoms. The summed E-state index contributed by atoms with van der Waals surface area (Å²) in [7, 11) is -1.62. The quantitative estimate of drug-likeness (QED) is 0.731. The molecule has 0 saturated carbocycles. The largest absolute Gasteiger partial charge is 0.465 e. The van der Waals surface area contributed by atoms with Gasteiger partial charge in [-0.25, -0.2) is 17.6 Å². The zero-order valence-corrected chi connectivity index (χ0v) is 16.4. The average molecular weight is 406 g/mol. The highest BCUT2D eigenvalue weighted by atomic mass is 32.2. The van der Waals surface area contributed by atoms with Crippen LogP contribution in [0.15, 0.2) is 47.4 Å². The van der Waals surface area contributed by atoms with E-state index < -0.39 is 32.6 Å². The summed E-state index contributed by atoms with van der Waals surface area (Å²) >= 11 is 0. The number of para-hydroxylation sites is 2. The van der Waals surface area contributed by atoms with E-state index in [9.17, 15) is 22.4 Å². The van der Waals surface area contributed by atoms with E-state index in [4.69, 9.17) is 0 Å². The van der Waals surface area contributed by atoms with Crippen LogP contribution in [-0.4, -0.2) is 41.0 Å². The van der Waals surface area contributed by atoms with Crippen molar-refractivity contribution < 1.29 is 27.1 Å². The number of halogens is 1. The Morgan fingerprint density at radius 2 is 1.82 bits per heavy atom. The van der Waals surface area contributed by atoms with Gasteiger partial charge in [0.1, 0.15) is 10.7 Å². The van der Waals surface area contributed by atoms with Crippen molar-refractivity contribution >= 4 is 33.3 Å². The summed E-state index contributed by atoms with van der Waals surface area (Å²) in [5.74, 6) is -2.72. The number of benzene rings is 2. The van der Waals surface area contributed by atoms with E-state index in [1.54, 1.807) is 38.2 Å². The maximum Gasteiger partial charge on any atom is 0.337 e. The third-order valence-corrected chi connectivity index (χ3v) is 6.44. The van der Waals surface area contributed by atoms with Gasteiger partial charge in [-0.3, -0.25) is 9.10 Å². The lowest BCUT2D eigenvalue weighted by Crippen LogP contribution is -2.37. The van der Waals surface area contributed by atoms with Crippen LogP contribution < -0.4 is 9.21 Å². The molecule has 0 radical (unpaired) electrons. The van der Waals surface area contributed by atoms with Crippen LogP contribution >= 0.6 is 0 Å². The van der Waals surface area contributed by atoms with Gasteiger partial charge in [0, 0.05) is 13.6 Å². The number of ether oxygens (including phenoxy) is 1. The average Bonchev–Trinajstić information content (AvgIpc) is 2.78. The number of carbonyl (C=O) groups is 2. The molecular formula is C19H19FN2O5S. The van der Waals surface area contributed by atoms with Gasteiger partial charge >= 0.3 is 5.97 Å². The lowest BCUT2D eigenvalue weighted by molar-refractivity contribution is -0.121. The molecule has 9 heteroatoms. The van der Waals surface area contributed by atoms with E-state index in [-0.39, 0.29) is 23.7 Å². The number of rotatable bonds is 3. The van der Waals surface area contributed by atoms with Crippen molar-refractivity contribution in [2.24, 2.45) is 5.92 Å². The van der Waals surface area contributed by atoms with E-state index in [1.165, 1.54) is 11.0 Å². The molecule has 1 aliphatic heterocycles. The van der Waals surface area contributed by atoms with Crippen LogP contribution in [0.5, 0.6) is 0 Å². The van der Waals surface area contributed by atoms with E-state index in [2.05, 4.69) is 4.74 Å². The first-order valence-corrected chi connectivity index (χ1v) is 9.89. The molecule has 0 saturated heterocycles. The summed E-state index contributed by atoms with van der Waals surface area (Å²) in [4.78, 5) is 24.9. The standard InChI is InChI=1S/C19H19FN2O5S/c1-12-11-22(16-7-5-4-6-15(16)21(2)18(12)23)28(25,26)17-9-8-13(10-14(17)20)19(24)27-3/h4-10,12H,11H2,1-3H3. The first kappa shape index (κ1) is 19.8. The molecular weight excluding hydrogens is 387 g/mol. The minimum absolute atomic E-state index is 0.0986. The molecule has 0 aromatic heterocycles. The molecule has 1 atom stereocenters. The van der Waals surface area contributed by atoms with Crippen LogP contribution in [0.2, 0.25) is 0 Å². The van der Waals surface area contributed by atoms with Crippen molar-refractivity contribution in [2.45, 2.75) is 11.8 Å². The molecule has 1 amide bonds. The fourth-order valence-electron chi connectivity index (χ4n) is 3.13. The Morgan fingerprint density at radius 3 is 2.43 bits per heavy atom. The summed E-state index contributed by atoms with van der Waals surface area (Å²) in [5, 5.41) is 0. The van der Waals surface area contributed by atoms with Gasteiger partial charge in [-0.2, -0.15) is 0 Å². The molecule has 0 aliphatic carbocycles. The number of hydrogen-bond donors (Lipinski definition) is 0. The zero-order valence-electron chi connectivity index (χ0n) is 15.5. The fraction of sp³-hybridized carbons (Fsp3) is 0.263. The van der Waals surface area contributed by atoms with E-state index in [0.717, 1.165) is 23.5 Å². The highest BCUT2D eigenvalue weighted by Gasteiger charge is 2.36. The van der Waals surface area contributed by atoms with Crippen LogP contribution in [-0.2, 0) is 19.6 Å². The minimum atomic E-state index is -4.33. The number of methoxy groups -OCH3 is 1. The van der Waals surface area contributed by atoms with Gasteiger partial charge < -0.3 is 9.64 Å². The second-order valence-electron chi connectivity index (χ2n) is 6.46. The van der Waals surface area contributed by atoms with Crippen molar-refractivity contribution in [1.82, 2.24) is 0 Å². The van der Waals surface area contributed by atoms with Gasteiger partial charge in [-0.15, -0.1) is 0 Å². The number of sulfonamides is 1. The lowest BCUT2D eigenvalue weighted by atomic mass is 10.1. The van der Waals surface area contributed by atoms with Gasteiger partial charge in [-0.05, 0) is 30.3 Å². The number of carbonyl (C=O) groups excluding carboxylic acids is 2. The van der Waals surface area contributed by atoms with E-state index in [0.29, 0.717) is 5.69 Å². The Morgan fingerprint density at radius 1 is 1.18 bits per heavy atom. The van der Waals surface area contributed by atoms with Crippen LogP contribution in [0.4, 0.5) is 15.8 Å². The molecule has 1 unspecified atom stereocenters. The topological polar surface area (TPSA) is 84.0 Å². The Balaban J connectivity index is 2.15. The van der Waals surface area contributed by atoms with Crippen LogP contribution in [0.25, 0.3) is 0 Å². The van der Waals surface area contributed by atoms with Gasteiger partial charge in [0.2, 0.25) is 5.91 Å². The molecule has 0 spiro atoms. The fourth-order valence-corrected chi connectivity index (χ4v) is 4.75. The smallest absolute Gasteiger partial charge is 0.337 e. The highest BCUT2D eigenvalue weighted by Crippen LogP contribution is 2.37. The first-order valence-electron chi connectivity index (χ1n) is 8.45. The molecule has 0 fully saturated rings. The maximum absolute atomic E-state index is 14.6. The summed E-state index contributed by atoms with van der Waals surface area (Å²) in [6, 6.07) is 9.57. The molecule has 1 aliphatic rings. The summed E-state index contributed by atoms with van der Waals surface area (Å²) in [5.41, 5.74) is 0.588.